The number of hydrogen-bond donors (Lipinski definition) is 1. The third kappa shape index (κ3) is 3.43. The number of aryl methyl sites for hydroxylation is 1. The van der Waals surface area contributed by atoms with E-state index < -0.39 is 0 Å². The van der Waals surface area contributed by atoms with E-state index in [1.807, 2.05) is 31.7 Å². The molecule has 0 aliphatic carbocycles. The van der Waals surface area contributed by atoms with Gasteiger partial charge in [0.15, 0.2) is 0 Å². The highest BCUT2D eigenvalue weighted by Crippen LogP contribution is 2.21. The van der Waals surface area contributed by atoms with Crippen molar-refractivity contribution in [3.05, 3.63) is 18.1 Å². The van der Waals surface area contributed by atoms with Crippen molar-refractivity contribution >= 4 is 17.2 Å². The zero-order valence-electron chi connectivity index (χ0n) is 14.0. The summed E-state index contributed by atoms with van der Waals surface area (Å²) in [7, 11) is 0. The van der Waals surface area contributed by atoms with E-state index in [0.717, 1.165) is 49.5 Å². The Morgan fingerprint density at radius 1 is 1.39 bits per heavy atom. The van der Waals surface area contributed by atoms with Gasteiger partial charge in [-0.15, -0.1) is 10.2 Å². The van der Waals surface area contributed by atoms with Gasteiger partial charge in [0.25, 0.3) is 0 Å². The molecule has 23 heavy (non-hydrogen) atoms. The number of nitrogens with zero attached hydrogens (tertiary/aromatic N) is 5. The lowest BCUT2D eigenvalue weighted by Crippen LogP contribution is -2.41. The standard InChI is InChI=1S/C16H24N6O/c1-11(2)16(23)21-6-4-13(5-7-21)9-17-14-8-12(3)20-22-10-18-19-15(14)22/h8,10-11,13,17H,4-7,9H2,1-3H3. The Morgan fingerprint density at radius 3 is 2.83 bits per heavy atom. The van der Waals surface area contributed by atoms with Crippen LogP contribution in [0.4, 0.5) is 5.69 Å². The highest BCUT2D eigenvalue weighted by Gasteiger charge is 2.24. The molecule has 3 heterocycles. The summed E-state index contributed by atoms with van der Waals surface area (Å²) in [5, 5.41) is 15.9. The van der Waals surface area contributed by atoms with Crippen molar-refractivity contribution in [2.45, 2.75) is 33.6 Å². The van der Waals surface area contributed by atoms with Crippen LogP contribution in [0.25, 0.3) is 5.65 Å². The fourth-order valence-corrected chi connectivity index (χ4v) is 3.06. The van der Waals surface area contributed by atoms with Gasteiger partial charge in [0.1, 0.15) is 6.33 Å². The second-order valence-electron chi connectivity index (χ2n) is 6.60. The molecule has 0 aromatic carbocycles. The molecule has 0 unspecified atom stereocenters. The zero-order chi connectivity index (χ0) is 16.4. The van der Waals surface area contributed by atoms with Crippen LogP contribution < -0.4 is 5.32 Å². The molecular weight excluding hydrogens is 292 g/mol. The molecule has 124 valence electrons. The number of likely N-dealkylation sites (tertiary alicyclic amines) is 1. The molecule has 0 spiro atoms. The van der Waals surface area contributed by atoms with Gasteiger partial charge in [-0.1, -0.05) is 13.8 Å². The fraction of sp³-hybridized carbons (Fsp3) is 0.625. The van der Waals surface area contributed by atoms with E-state index in [-0.39, 0.29) is 11.8 Å². The number of fused-ring (bicyclic) bond motifs is 1. The third-order valence-corrected chi connectivity index (χ3v) is 4.39. The maximum atomic E-state index is 12.0. The van der Waals surface area contributed by atoms with Gasteiger partial charge in [-0.3, -0.25) is 4.79 Å². The second-order valence-corrected chi connectivity index (χ2v) is 6.60. The third-order valence-electron chi connectivity index (χ3n) is 4.39. The second kappa shape index (κ2) is 6.52. The van der Waals surface area contributed by atoms with E-state index in [1.54, 1.807) is 10.8 Å². The maximum absolute atomic E-state index is 12.0. The molecule has 1 saturated heterocycles. The van der Waals surface area contributed by atoms with Gasteiger partial charge in [0.2, 0.25) is 11.6 Å². The van der Waals surface area contributed by atoms with Gasteiger partial charge in [-0.25, -0.2) is 0 Å². The Labute approximate surface area is 136 Å². The zero-order valence-corrected chi connectivity index (χ0v) is 14.0. The maximum Gasteiger partial charge on any atom is 0.225 e. The topological polar surface area (TPSA) is 75.4 Å². The Hall–Kier alpha value is -2.18. The number of amides is 1. The summed E-state index contributed by atoms with van der Waals surface area (Å²) in [5.74, 6) is 0.930. The number of carbonyl (C=O) groups excluding carboxylic acids is 1. The normalized spacial score (nSPS) is 16.3. The quantitative estimate of drug-likeness (QED) is 0.930. The molecule has 1 aliphatic heterocycles. The lowest BCUT2D eigenvalue weighted by atomic mass is 9.96. The molecular formula is C16H24N6O. The molecule has 2 aromatic heterocycles. The van der Waals surface area contributed by atoms with Crippen molar-refractivity contribution in [1.29, 1.82) is 0 Å². The number of anilines is 1. The molecule has 7 nitrogen and oxygen atoms in total. The Bertz CT molecular complexity index is 687. The van der Waals surface area contributed by atoms with Crippen molar-refractivity contribution < 1.29 is 4.79 Å². The van der Waals surface area contributed by atoms with Gasteiger partial charge in [-0.2, -0.15) is 9.61 Å². The fourth-order valence-electron chi connectivity index (χ4n) is 3.06. The summed E-state index contributed by atoms with van der Waals surface area (Å²) in [6.07, 6.45) is 3.69. The number of hydrogen-bond acceptors (Lipinski definition) is 5. The first-order valence-electron chi connectivity index (χ1n) is 8.25. The van der Waals surface area contributed by atoms with Crippen LogP contribution in [-0.2, 0) is 4.79 Å². The molecule has 1 aliphatic rings. The smallest absolute Gasteiger partial charge is 0.225 e. The lowest BCUT2D eigenvalue weighted by Gasteiger charge is -2.33. The van der Waals surface area contributed by atoms with Gasteiger partial charge in [-0.05, 0) is 31.7 Å². The average molecular weight is 316 g/mol. The molecule has 3 rings (SSSR count). The Morgan fingerprint density at radius 2 is 2.13 bits per heavy atom. The minimum absolute atomic E-state index is 0.0886. The van der Waals surface area contributed by atoms with Crippen LogP contribution in [0, 0.1) is 18.8 Å². The summed E-state index contributed by atoms with van der Waals surface area (Å²) in [6, 6.07) is 2.00. The molecule has 1 fully saturated rings. The summed E-state index contributed by atoms with van der Waals surface area (Å²) >= 11 is 0. The van der Waals surface area contributed by atoms with E-state index in [0.29, 0.717) is 5.92 Å². The van der Waals surface area contributed by atoms with Crippen LogP contribution in [0.5, 0.6) is 0 Å². The highest BCUT2D eigenvalue weighted by molar-refractivity contribution is 5.78. The van der Waals surface area contributed by atoms with Crippen molar-refractivity contribution in [1.82, 2.24) is 24.7 Å². The summed E-state index contributed by atoms with van der Waals surface area (Å²) in [5.41, 5.74) is 2.65. The van der Waals surface area contributed by atoms with Crippen LogP contribution in [0.15, 0.2) is 12.4 Å². The first-order chi connectivity index (χ1) is 11.0. The van der Waals surface area contributed by atoms with E-state index in [4.69, 9.17) is 0 Å². The predicted molar refractivity (Wildman–Crippen MR) is 88.2 cm³/mol. The van der Waals surface area contributed by atoms with Crippen LogP contribution in [0.1, 0.15) is 32.4 Å². The minimum atomic E-state index is 0.0886. The molecule has 7 heteroatoms. The molecule has 0 saturated carbocycles. The summed E-state index contributed by atoms with van der Waals surface area (Å²) < 4.78 is 1.70. The molecule has 2 aromatic rings. The van der Waals surface area contributed by atoms with Gasteiger partial charge >= 0.3 is 0 Å². The van der Waals surface area contributed by atoms with Crippen LogP contribution >= 0.6 is 0 Å². The molecule has 1 N–H and O–H groups in total. The van der Waals surface area contributed by atoms with Crippen molar-refractivity contribution in [2.24, 2.45) is 11.8 Å². The van der Waals surface area contributed by atoms with Crippen LogP contribution in [0.3, 0.4) is 0 Å². The van der Waals surface area contributed by atoms with Gasteiger partial charge in [0.05, 0.1) is 11.4 Å². The van der Waals surface area contributed by atoms with Crippen molar-refractivity contribution in [3.63, 3.8) is 0 Å². The number of aromatic nitrogens is 4. The molecule has 0 radical (unpaired) electrons. The van der Waals surface area contributed by atoms with Crippen molar-refractivity contribution in [3.8, 4) is 0 Å². The largest absolute Gasteiger partial charge is 0.382 e. The molecule has 0 atom stereocenters. The lowest BCUT2D eigenvalue weighted by molar-refractivity contribution is -0.135. The van der Waals surface area contributed by atoms with Gasteiger partial charge in [0, 0.05) is 25.6 Å². The van der Waals surface area contributed by atoms with Crippen LogP contribution in [0.2, 0.25) is 0 Å². The first kappa shape index (κ1) is 15.7. The highest BCUT2D eigenvalue weighted by atomic mass is 16.2. The Kier molecular flexibility index (Phi) is 4.45. The number of piperidine rings is 1. The predicted octanol–water partition coefficient (Wildman–Crippen LogP) is 1.74. The van der Waals surface area contributed by atoms with E-state index >= 15 is 0 Å². The SMILES string of the molecule is Cc1cc(NCC2CCN(C(=O)C(C)C)CC2)c2nncn2n1. The van der Waals surface area contributed by atoms with E-state index in [2.05, 4.69) is 20.6 Å². The monoisotopic (exact) mass is 316 g/mol. The minimum Gasteiger partial charge on any atom is -0.382 e. The van der Waals surface area contributed by atoms with Crippen molar-refractivity contribution in [2.75, 3.05) is 25.0 Å². The average Bonchev–Trinajstić information content (AvgIpc) is 3.00. The van der Waals surface area contributed by atoms with Crippen LogP contribution in [-0.4, -0.2) is 50.3 Å². The molecule has 0 bridgehead atoms. The number of nitrogens with one attached hydrogen (secondary N) is 1. The van der Waals surface area contributed by atoms with Gasteiger partial charge < -0.3 is 10.2 Å². The summed E-state index contributed by atoms with van der Waals surface area (Å²) in [4.78, 5) is 14.0. The van der Waals surface area contributed by atoms with E-state index in [1.165, 1.54) is 0 Å². The first-order valence-corrected chi connectivity index (χ1v) is 8.25. The number of rotatable bonds is 4. The summed E-state index contributed by atoms with van der Waals surface area (Å²) in [6.45, 7) is 8.49. The Balaban J connectivity index is 1.57. The number of carbonyl (C=O) groups is 1. The molecule has 1 amide bonds. The van der Waals surface area contributed by atoms with E-state index in [9.17, 15) is 4.79 Å².